The Morgan fingerprint density at radius 3 is 0.867 bits per heavy atom. The predicted octanol–water partition coefficient (Wildman–Crippen LogP) is 21.0. The van der Waals surface area contributed by atoms with Crippen molar-refractivity contribution in [3.8, 4) is 0 Å². The van der Waals surface area contributed by atoms with E-state index in [4.69, 9.17) is 14.2 Å². The minimum Gasteiger partial charge on any atom is -0.462 e. The lowest BCUT2D eigenvalue weighted by Gasteiger charge is -2.18. The fourth-order valence-corrected chi connectivity index (χ4v) is 8.14. The van der Waals surface area contributed by atoms with Crippen LogP contribution in [0.25, 0.3) is 0 Å². The fraction of sp³-hybridized carbons (Fsp3) is 0.638. The molecular formula is C69H112O6. The smallest absolute Gasteiger partial charge is 0.306 e. The first kappa shape index (κ1) is 70.5. The number of unbranched alkanes of at least 4 members (excludes halogenated alkanes) is 21. The summed E-state index contributed by atoms with van der Waals surface area (Å²) in [4.78, 5) is 38.0. The summed E-state index contributed by atoms with van der Waals surface area (Å²) in [5, 5.41) is 0. The number of carbonyl (C=O) groups excluding carboxylic acids is 3. The highest BCUT2D eigenvalue weighted by Crippen LogP contribution is 2.15. The zero-order valence-electron chi connectivity index (χ0n) is 48.5. The van der Waals surface area contributed by atoms with Crippen molar-refractivity contribution in [1.82, 2.24) is 0 Å². The lowest BCUT2D eigenvalue weighted by molar-refractivity contribution is -0.166. The second-order valence-corrected chi connectivity index (χ2v) is 19.9. The van der Waals surface area contributed by atoms with E-state index in [-0.39, 0.29) is 31.6 Å². The summed E-state index contributed by atoms with van der Waals surface area (Å²) in [5.41, 5.74) is 0. The van der Waals surface area contributed by atoms with Gasteiger partial charge in [0.2, 0.25) is 0 Å². The number of allylic oxidation sites excluding steroid dienone is 22. The SMILES string of the molecule is CC/C=C\C/C=C\C/C=C\C/C=C\C/C=C\C/C=C\C/C=C\CCCCCCCCCCCCCCCC(=O)OCC(COC(=O)CCCCCCCCCCC)OC(=O)CC/C=C\C/C=C\C/C=C\C/C=C\CC. The molecule has 0 fully saturated rings. The normalized spacial score (nSPS) is 13.1. The van der Waals surface area contributed by atoms with Crippen molar-refractivity contribution in [2.24, 2.45) is 0 Å². The van der Waals surface area contributed by atoms with Crippen LogP contribution < -0.4 is 0 Å². The monoisotopic (exact) mass is 1040 g/mol. The standard InChI is InChI=1S/C69H112O6/c1-4-7-10-13-16-19-21-23-24-25-26-27-28-29-30-31-32-33-34-35-36-37-38-39-40-41-42-43-44-46-47-50-53-56-59-62-68(71)74-65-66(64-73-67(70)61-58-55-52-49-18-15-12-9-6-3)75-69(72)63-60-57-54-51-48-45-22-20-17-14-11-8-5-2/h7-8,10-11,16-17,19-20,23-24,26-27,29-30,32-33,35-36,45,48,54,57,66H,4-6,9,12-15,18,21-22,25,28,31,34,37-44,46-47,49-53,55-56,58-65H2,1-3H3/b10-7-,11-8-,19-16-,20-17-,24-23-,27-26-,30-29-,33-32-,36-35-,48-45-,57-54-. The predicted molar refractivity (Wildman–Crippen MR) is 325 cm³/mol. The van der Waals surface area contributed by atoms with Crippen molar-refractivity contribution >= 4 is 17.9 Å². The molecule has 75 heavy (non-hydrogen) atoms. The molecule has 0 aliphatic heterocycles. The Kier molecular flexibility index (Phi) is 58.4. The summed E-state index contributed by atoms with van der Waals surface area (Å²) in [6.07, 6.45) is 87.8. The van der Waals surface area contributed by atoms with Gasteiger partial charge in [0.1, 0.15) is 13.2 Å². The number of carbonyl (C=O) groups is 3. The lowest BCUT2D eigenvalue weighted by Crippen LogP contribution is -2.30. The quantitative estimate of drug-likeness (QED) is 0.0261. The molecule has 0 saturated carbocycles. The highest BCUT2D eigenvalue weighted by atomic mass is 16.6. The molecule has 0 spiro atoms. The van der Waals surface area contributed by atoms with Gasteiger partial charge in [0.15, 0.2) is 6.10 Å². The molecule has 0 bridgehead atoms. The van der Waals surface area contributed by atoms with Crippen LogP contribution in [0.3, 0.4) is 0 Å². The Labute approximate surface area is 462 Å². The second kappa shape index (κ2) is 62.1. The third-order valence-electron chi connectivity index (χ3n) is 12.7. The minimum atomic E-state index is -0.816. The maximum Gasteiger partial charge on any atom is 0.306 e. The van der Waals surface area contributed by atoms with Gasteiger partial charge in [-0.15, -0.1) is 0 Å². The third kappa shape index (κ3) is 60.3. The molecule has 0 aromatic rings. The Hall–Kier alpha value is -4.45. The zero-order valence-corrected chi connectivity index (χ0v) is 48.5. The topological polar surface area (TPSA) is 78.9 Å². The van der Waals surface area contributed by atoms with Gasteiger partial charge < -0.3 is 14.2 Å². The molecule has 0 rings (SSSR count). The van der Waals surface area contributed by atoms with Gasteiger partial charge in [-0.1, -0.05) is 276 Å². The third-order valence-corrected chi connectivity index (χ3v) is 12.7. The molecule has 0 aliphatic rings. The van der Waals surface area contributed by atoms with Gasteiger partial charge in [0.25, 0.3) is 0 Å². The summed E-state index contributed by atoms with van der Waals surface area (Å²) >= 11 is 0. The molecule has 0 N–H and O–H groups in total. The molecule has 424 valence electrons. The van der Waals surface area contributed by atoms with E-state index in [0.717, 1.165) is 109 Å². The van der Waals surface area contributed by atoms with Crippen LogP contribution in [0.15, 0.2) is 134 Å². The summed E-state index contributed by atoms with van der Waals surface area (Å²) in [5.74, 6) is -0.995. The largest absolute Gasteiger partial charge is 0.462 e. The van der Waals surface area contributed by atoms with Crippen LogP contribution >= 0.6 is 0 Å². The van der Waals surface area contributed by atoms with Crippen molar-refractivity contribution in [2.45, 2.75) is 271 Å². The van der Waals surface area contributed by atoms with Gasteiger partial charge >= 0.3 is 17.9 Å². The lowest BCUT2D eigenvalue weighted by atomic mass is 10.0. The van der Waals surface area contributed by atoms with Crippen molar-refractivity contribution in [1.29, 1.82) is 0 Å². The van der Waals surface area contributed by atoms with Crippen LogP contribution in [0.5, 0.6) is 0 Å². The van der Waals surface area contributed by atoms with Gasteiger partial charge in [0.05, 0.1) is 0 Å². The molecule has 0 aromatic heterocycles. The van der Waals surface area contributed by atoms with Crippen molar-refractivity contribution in [3.05, 3.63) is 134 Å². The van der Waals surface area contributed by atoms with E-state index < -0.39 is 12.1 Å². The highest BCUT2D eigenvalue weighted by molar-refractivity contribution is 5.71. The fourth-order valence-electron chi connectivity index (χ4n) is 8.14. The van der Waals surface area contributed by atoms with E-state index in [1.807, 2.05) is 12.2 Å². The molecule has 0 aliphatic carbocycles. The van der Waals surface area contributed by atoms with Gasteiger partial charge in [0, 0.05) is 19.3 Å². The van der Waals surface area contributed by atoms with E-state index in [2.05, 4.69) is 142 Å². The van der Waals surface area contributed by atoms with Crippen LogP contribution in [-0.2, 0) is 28.6 Å². The van der Waals surface area contributed by atoms with Gasteiger partial charge in [-0.05, 0) is 103 Å². The van der Waals surface area contributed by atoms with Crippen LogP contribution in [0.2, 0.25) is 0 Å². The Morgan fingerprint density at radius 2 is 0.547 bits per heavy atom. The average molecular weight is 1040 g/mol. The van der Waals surface area contributed by atoms with Crippen LogP contribution in [0.4, 0.5) is 0 Å². The Morgan fingerprint density at radius 1 is 0.280 bits per heavy atom. The van der Waals surface area contributed by atoms with E-state index in [9.17, 15) is 14.4 Å². The molecule has 0 amide bonds. The zero-order chi connectivity index (χ0) is 54.3. The molecule has 6 nitrogen and oxygen atoms in total. The summed E-state index contributed by atoms with van der Waals surface area (Å²) in [6.45, 7) is 6.32. The first-order valence-electron chi connectivity index (χ1n) is 30.7. The highest BCUT2D eigenvalue weighted by Gasteiger charge is 2.19. The van der Waals surface area contributed by atoms with Crippen LogP contribution in [0, 0.1) is 0 Å². The molecule has 0 heterocycles. The van der Waals surface area contributed by atoms with Crippen molar-refractivity contribution < 1.29 is 28.6 Å². The molecule has 6 heteroatoms. The van der Waals surface area contributed by atoms with E-state index in [0.29, 0.717) is 19.3 Å². The molecule has 0 aromatic carbocycles. The van der Waals surface area contributed by atoms with Gasteiger partial charge in [-0.25, -0.2) is 0 Å². The summed E-state index contributed by atoms with van der Waals surface area (Å²) in [6, 6.07) is 0. The molecular weight excluding hydrogens is 925 g/mol. The number of hydrogen-bond donors (Lipinski definition) is 0. The van der Waals surface area contributed by atoms with E-state index >= 15 is 0 Å². The molecule has 1 atom stereocenters. The molecule has 1 unspecified atom stereocenters. The first-order chi connectivity index (χ1) is 37.0. The minimum absolute atomic E-state index is 0.107. The second-order valence-electron chi connectivity index (χ2n) is 19.9. The van der Waals surface area contributed by atoms with Crippen molar-refractivity contribution in [2.75, 3.05) is 13.2 Å². The average Bonchev–Trinajstić information content (AvgIpc) is 3.41. The molecule has 0 radical (unpaired) electrons. The van der Waals surface area contributed by atoms with Gasteiger partial charge in [-0.3, -0.25) is 14.4 Å². The first-order valence-corrected chi connectivity index (χ1v) is 30.7. The number of ether oxygens (including phenoxy) is 3. The number of esters is 3. The van der Waals surface area contributed by atoms with E-state index in [1.54, 1.807) is 0 Å². The Bertz CT molecular complexity index is 1620. The Balaban J connectivity index is 4.12. The van der Waals surface area contributed by atoms with Crippen LogP contribution in [0.1, 0.15) is 265 Å². The van der Waals surface area contributed by atoms with E-state index in [1.165, 1.54) is 109 Å². The number of hydrogen-bond acceptors (Lipinski definition) is 6. The summed E-state index contributed by atoms with van der Waals surface area (Å²) < 4.78 is 16.7. The molecule has 0 saturated heterocycles. The van der Waals surface area contributed by atoms with Gasteiger partial charge in [-0.2, -0.15) is 0 Å². The van der Waals surface area contributed by atoms with Crippen LogP contribution in [-0.4, -0.2) is 37.2 Å². The number of rotatable bonds is 54. The summed E-state index contributed by atoms with van der Waals surface area (Å²) in [7, 11) is 0. The van der Waals surface area contributed by atoms with Crippen molar-refractivity contribution in [3.63, 3.8) is 0 Å². The maximum absolute atomic E-state index is 12.8. The maximum atomic E-state index is 12.8.